The van der Waals surface area contributed by atoms with Crippen LogP contribution in [0.15, 0.2) is 12.3 Å². The van der Waals surface area contributed by atoms with Gasteiger partial charge in [-0.3, -0.25) is 0 Å². The number of hydrogen-bond acceptors (Lipinski definition) is 4. The molecule has 1 fully saturated rings. The third kappa shape index (κ3) is 1.75. The maximum absolute atomic E-state index is 5.77. The molecule has 0 bridgehead atoms. The molecule has 1 aromatic heterocycles. The minimum absolute atomic E-state index is 0.134. The molecule has 0 radical (unpaired) electrons. The standard InChI is InChI=1S/C11H17N3O/c1-8(2)9-3-4-13-10(14-9)11(5-12)6-15-7-11/h3-4,8H,5-7,12H2,1-2H3. The van der Waals surface area contributed by atoms with Gasteiger partial charge in [0, 0.05) is 18.4 Å². The number of hydrogen-bond donors (Lipinski definition) is 1. The van der Waals surface area contributed by atoms with E-state index in [1.165, 1.54) is 0 Å². The summed E-state index contributed by atoms with van der Waals surface area (Å²) in [6.07, 6.45) is 1.81. The Morgan fingerprint density at radius 1 is 1.53 bits per heavy atom. The molecule has 2 rings (SSSR count). The van der Waals surface area contributed by atoms with Crippen LogP contribution in [0.25, 0.3) is 0 Å². The van der Waals surface area contributed by atoms with E-state index in [-0.39, 0.29) is 5.41 Å². The van der Waals surface area contributed by atoms with Crippen molar-refractivity contribution in [2.45, 2.75) is 25.2 Å². The molecule has 1 aliphatic rings. The Morgan fingerprint density at radius 2 is 2.27 bits per heavy atom. The summed E-state index contributed by atoms with van der Waals surface area (Å²) in [5.41, 5.74) is 6.70. The van der Waals surface area contributed by atoms with Crippen molar-refractivity contribution in [3.8, 4) is 0 Å². The Kier molecular flexibility index (Phi) is 2.71. The van der Waals surface area contributed by atoms with Crippen LogP contribution in [0.4, 0.5) is 0 Å². The normalized spacial score (nSPS) is 18.9. The maximum atomic E-state index is 5.77. The highest BCUT2D eigenvalue weighted by Gasteiger charge is 2.42. The second kappa shape index (κ2) is 3.87. The average molecular weight is 207 g/mol. The Labute approximate surface area is 89.9 Å². The molecule has 2 N–H and O–H groups in total. The van der Waals surface area contributed by atoms with Gasteiger partial charge < -0.3 is 10.5 Å². The first-order valence-corrected chi connectivity index (χ1v) is 5.29. The monoisotopic (exact) mass is 207 g/mol. The molecule has 0 saturated carbocycles. The summed E-state index contributed by atoms with van der Waals surface area (Å²) in [4.78, 5) is 8.88. The molecule has 1 aliphatic heterocycles. The molecule has 4 nitrogen and oxygen atoms in total. The van der Waals surface area contributed by atoms with Crippen molar-refractivity contribution in [3.63, 3.8) is 0 Å². The molecular formula is C11H17N3O. The van der Waals surface area contributed by atoms with Crippen LogP contribution in [-0.2, 0) is 10.2 Å². The van der Waals surface area contributed by atoms with Gasteiger partial charge in [-0.25, -0.2) is 9.97 Å². The van der Waals surface area contributed by atoms with Crippen LogP contribution in [0.3, 0.4) is 0 Å². The van der Waals surface area contributed by atoms with Crippen molar-refractivity contribution in [2.24, 2.45) is 5.73 Å². The van der Waals surface area contributed by atoms with Crippen LogP contribution < -0.4 is 5.73 Å². The molecule has 0 unspecified atom stereocenters. The van der Waals surface area contributed by atoms with Gasteiger partial charge in [-0.05, 0) is 12.0 Å². The lowest BCUT2D eigenvalue weighted by Gasteiger charge is -2.38. The van der Waals surface area contributed by atoms with Crippen molar-refractivity contribution in [2.75, 3.05) is 19.8 Å². The molecule has 1 saturated heterocycles. The lowest BCUT2D eigenvalue weighted by molar-refractivity contribution is -0.0595. The first kappa shape index (κ1) is 10.5. The number of ether oxygens (including phenoxy) is 1. The van der Waals surface area contributed by atoms with Gasteiger partial charge in [-0.15, -0.1) is 0 Å². The first-order valence-electron chi connectivity index (χ1n) is 5.29. The van der Waals surface area contributed by atoms with Gasteiger partial charge in [0.2, 0.25) is 0 Å². The van der Waals surface area contributed by atoms with Crippen molar-refractivity contribution in [1.82, 2.24) is 9.97 Å². The second-order valence-corrected chi connectivity index (χ2v) is 4.44. The number of rotatable bonds is 3. The molecule has 0 aliphatic carbocycles. The minimum atomic E-state index is -0.134. The lowest BCUT2D eigenvalue weighted by Crippen LogP contribution is -2.53. The third-order valence-electron chi connectivity index (χ3n) is 2.89. The molecule has 82 valence electrons. The average Bonchev–Trinajstić information content (AvgIpc) is 2.17. The number of nitrogens with zero attached hydrogens (tertiary/aromatic N) is 2. The highest BCUT2D eigenvalue weighted by atomic mass is 16.5. The van der Waals surface area contributed by atoms with Crippen molar-refractivity contribution in [1.29, 1.82) is 0 Å². The molecule has 15 heavy (non-hydrogen) atoms. The Hall–Kier alpha value is -1.00. The number of nitrogens with two attached hydrogens (primary N) is 1. The van der Waals surface area contributed by atoms with Gasteiger partial charge in [0.1, 0.15) is 5.82 Å². The molecule has 1 aromatic rings. The Bertz CT molecular complexity index is 342. The molecule has 0 spiro atoms. The van der Waals surface area contributed by atoms with Crippen LogP contribution in [0.1, 0.15) is 31.3 Å². The van der Waals surface area contributed by atoms with Crippen LogP contribution >= 0.6 is 0 Å². The van der Waals surface area contributed by atoms with E-state index in [2.05, 4.69) is 23.8 Å². The van der Waals surface area contributed by atoms with Crippen molar-refractivity contribution < 1.29 is 4.74 Å². The quantitative estimate of drug-likeness (QED) is 0.797. The third-order valence-corrected chi connectivity index (χ3v) is 2.89. The predicted molar refractivity (Wildman–Crippen MR) is 57.7 cm³/mol. The summed E-state index contributed by atoms with van der Waals surface area (Å²) in [6, 6.07) is 1.96. The van der Waals surface area contributed by atoms with E-state index in [4.69, 9.17) is 10.5 Å². The summed E-state index contributed by atoms with van der Waals surface area (Å²) < 4.78 is 5.22. The molecule has 4 heteroatoms. The predicted octanol–water partition coefficient (Wildman–Crippen LogP) is 0.827. The number of aromatic nitrogens is 2. The van der Waals surface area contributed by atoms with Gasteiger partial charge in [0.15, 0.2) is 0 Å². The van der Waals surface area contributed by atoms with E-state index >= 15 is 0 Å². The van der Waals surface area contributed by atoms with E-state index in [0.29, 0.717) is 25.7 Å². The van der Waals surface area contributed by atoms with Crippen molar-refractivity contribution >= 4 is 0 Å². The van der Waals surface area contributed by atoms with Crippen LogP contribution in [0.5, 0.6) is 0 Å². The second-order valence-electron chi connectivity index (χ2n) is 4.44. The molecule has 0 amide bonds. The van der Waals surface area contributed by atoms with Crippen LogP contribution in [0.2, 0.25) is 0 Å². The molecule has 0 atom stereocenters. The van der Waals surface area contributed by atoms with E-state index in [1.807, 2.05) is 12.3 Å². The summed E-state index contributed by atoms with van der Waals surface area (Å²) >= 11 is 0. The smallest absolute Gasteiger partial charge is 0.140 e. The molecule has 2 heterocycles. The Morgan fingerprint density at radius 3 is 2.73 bits per heavy atom. The molecular weight excluding hydrogens is 190 g/mol. The first-order chi connectivity index (χ1) is 7.18. The van der Waals surface area contributed by atoms with Crippen LogP contribution in [0, 0.1) is 0 Å². The lowest BCUT2D eigenvalue weighted by atomic mass is 9.85. The van der Waals surface area contributed by atoms with E-state index < -0.39 is 0 Å². The fraction of sp³-hybridized carbons (Fsp3) is 0.636. The zero-order valence-electron chi connectivity index (χ0n) is 9.23. The summed E-state index contributed by atoms with van der Waals surface area (Å²) in [5.74, 6) is 1.25. The van der Waals surface area contributed by atoms with E-state index in [1.54, 1.807) is 0 Å². The topological polar surface area (TPSA) is 61.0 Å². The zero-order chi connectivity index (χ0) is 10.9. The van der Waals surface area contributed by atoms with Gasteiger partial charge in [-0.2, -0.15) is 0 Å². The fourth-order valence-corrected chi connectivity index (χ4v) is 1.64. The zero-order valence-corrected chi connectivity index (χ0v) is 9.23. The fourth-order valence-electron chi connectivity index (χ4n) is 1.64. The minimum Gasteiger partial charge on any atom is -0.379 e. The summed E-state index contributed by atoms with van der Waals surface area (Å²) in [6.45, 7) is 6.08. The van der Waals surface area contributed by atoms with E-state index in [0.717, 1.165) is 11.5 Å². The Balaban J connectivity index is 2.31. The van der Waals surface area contributed by atoms with Crippen molar-refractivity contribution in [3.05, 3.63) is 23.8 Å². The maximum Gasteiger partial charge on any atom is 0.140 e. The van der Waals surface area contributed by atoms with E-state index in [9.17, 15) is 0 Å². The highest BCUT2D eigenvalue weighted by Crippen LogP contribution is 2.29. The van der Waals surface area contributed by atoms with Gasteiger partial charge in [0.05, 0.1) is 18.6 Å². The molecule has 0 aromatic carbocycles. The summed E-state index contributed by atoms with van der Waals surface area (Å²) in [5, 5.41) is 0. The highest BCUT2D eigenvalue weighted by molar-refractivity contribution is 5.17. The van der Waals surface area contributed by atoms with Gasteiger partial charge >= 0.3 is 0 Å². The largest absolute Gasteiger partial charge is 0.379 e. The van der Waals surface area contributed by atoms with Crippen LogP contribution in [-0.4, -0.2) is 29.7 Å². The van der Waals surface area contributed by atoms with Gasteiger partial charge in [0.25, 0.3) is 0 Å². The van der Waals surface area contributed by atoms with Gasteiger partial charge in [-0.1, -0.05) is 13.8 Å². The summed E-state index contributed by atoms with van der Waals surface area (Å²) in [7, 11) is 0. The SMILES string of the molecule is CC(C)c1ccnc(C2(CN)COC2)n1.